The van der Waals surface area contributed by atoms with Crippen LogP contribution in [0.2, 0.25) is 0 Å². The smallest absolute Gasteiger partial charge is 0.245 e. The van der Waals surface area contributed by atoms with Crippen molar-refractivity contribution in [2.75, 3.05) is 25.9 Å². The average molecular weight is 538 g/mol. The molecule has 3 heterocycles. The van der Waals surface area contributed by atoms with E-state index in [4.69, 9.17) is 10.5 Å². The van der Waals surface area contributed by atoms with Gasteiger partial charge >= 0.3 is 0 Å². The number of fused-ring (bicyclic) bond motifs is 2. The molecule has 7 nitrogen and oxygen atoms in total. The number of hydrogen-bond donors (Lipinski definition) is 1. The number of carbonyl (C=O) groups is 1. The summed E-state index contributed by atoms with van der Waals surface area (Å²) in [5, 5.41) is 0.563. The highest BCUT2D eigenvalue weighted by atomic mass is 79.9. The number of nitrogen functional groups attached to an aromatic ring is 1. The van der Waals surface area contributed by atoms with Crippen LogP contribution in [-0.2, 0) is 4.79 Å². The third-order valence-corrected chi connectivity index (χ3v) is 7.51. The Bertz CT molecular complexity index is 1430. The molecule has 2 N–H and O–H groups in total. The number of nitrogens with two attached hydrogens (primary N) is 1. The van der Waals surface area contributed by atoms with Gasteiger partial charge in [-0.1, -0.05) is 12.5 Å². The van der Waals surface area contributed by atoms with E-state index in [1.165, 1.54) is 19.5 Å². The number of benzene rings is 1. The number of piperidine rings is 1. The molecule has 1 aliphatic carbocycles. The first-order valence-electron chi connectivity index (χ1n) is 11.4. The molecule has 0 bridgehead atoms. The van der Waals surface area contributed by atoms with Crippen molar-refractivity contribution in [2.24, 2.45) is 17.8 Å². The molecule has 9 heteroatoms. The van der Waals surface area contributed by atoms with Gasteiger partial charge in [-0.15, -0.1) is 0 Å². The molecule has 1 aromatic carbocycles. The van der Waals surface area contributed by atoms with Gasteiger partial charge in [0, 0.05) is 36.2 Å². The van der Waals surface area contributed by atoms with Crippen LogP contribution >= 0.6 is 15.9 Å². The summed E-state index contributed by atoms with van der Waals surface area (Å²) < 4.78 is 23.5. The van der Waals surface area contributed by atoms with Crippen molar-refractivity contribution in [3.05, 3.63) is 47.1 Å². The Balaban J connectivity index is 1.67. The molecule has 3 atom stereocenters. The standard InChI is InChI=1S/C26H25BrFN5O2/c1-5-20(34)32-10-16-14(17(16)11-32)7-9-19-21(15-6-8-18(27)24(35-4)23(15)28)22-25(29)30-12-31-26(22)33(19)13(2)3/h5-6,8,12-14,16-17H,1,10-11H2,2-4H3,(H2,29,30,31)/t14-,16-,17+. The molecule has 0 radical (unpaired) electrons. The maximum Gasteiger partial charge on any atom is 0.245 e. The van der Waals surface area contributed by atoms with Crippen molar-refractivity contribution < 1.29 is 13.9 Å². The molecule has 2 aromatic heterocycles. The Morgan fingerprint density at radius 2 is 2.06 bits per heavy atom. The summed E-state index contributed by atoms with van der Waals surface area (Å²) in [6.45, 7) is 8.99. The zero-order valence-electron chi connectivity index (χ0n) is 19.7. The predicted molar refractivity (Wildman–Crippen MR) is 136 cm³/mol. The fraction of sp³-hybridized carbons (Fsp3) is 0.346. The van der Waals surface area contributed by atoms with Crippen molar-refractivity contribution in [3.63, 3.8) is 0 Å². The second-order valence-corrected chi connectivity index (χ2v) is 10.0. The van der Waals surface area contributed by atoms with Crippen molar-refractivity contribution >= 4 is 38.7 Å². The predicted octanol–water partition coefficient (Wildman–Crippen LogP) is 4.41. The lowest BCUT2D eigenvalue weighted by atomic mass is 10.0. The van der Waals surface area contributed by atoms with Crippen molar-refractivity contribution in [2.45, 2.75) is 19.9 Å². The molecule has 1 saturated heterocycles. The van der Waals surface area contributed by atoms with Gasteiger partial charge in [-0.05, 0) is 65.7 Å². The number of carbonyl (C=O) groups excluding carboxylic acids is 1. The van der Waals surface area contributed by atoms with Gasteiger partial charge in [0.05, 0.1) is 17.0 Å². The molecule has 1 amide bonds. The third-order valence-electron chi connectivity index (χ3n) is 6.89. The zero-order chi connectivity index (χ0) is 25.0. The molecule has 1 aliphatic heterocycles. The van der Waals surface area contributed by atoms with Crippen LogP contribution in [0.15, 0.2) is 35.6 Å². The highest BCUT2D eigenvalue weighted by Gasteiger charge is 2.55. The van der Waals surface area contributed by atoms with Crippen LogP contribution in [-0.4, -0.2) is 45.5 Å². The summed E-state index contributed by atoms with van der Waals surface area (Å²) in [4.78, 5) is 22.4. The second-order valence-electron chi connectivity index (χ2n) is 9.16. The van der Waals surface area contributed by atoms with Gasteiger partial charge in [0.15, 0.2) is 11.6 Å². The second kappa shape index (κ2) is 8.68. The van der Waals surface area contributed by atoms with Crippen LogP contribution in [0.25, 0.3) is 22.2 Å². The summed E-state index contributed by atoms with van der Waals surface area (Å²) in [6.07, 6.45) is 2.76. The van der Waals surface area contributed by atoms with E-state index in [-0.39, 0.29) is 29.4 Å². The van der Waals surface area contributed by atoms with E-state index in [9.17, 15) is 4.79 Å². The van der Waals surface area contributed by atoms with E-state index in [1.807, 2.05) is 23.3 Å². The number of rotatable bonds is 4. The van der Waals surface area contributed by atoms with E-state index in [1.54, 1.807) is 12.1 Å². The number of likely N-dealkylation sites (tertiary alicyclic amines) is 1. The SMILES string of the molecule is C=CC(=O)N1C[C@@H]2[C@@H](C#Cc3c(-c4ccc(Br)c(OC)c4F)c4c(N)ncnc4n3C(C)C)[C@@H]2C1. The molecular weight excluding hydrogens is 513 g/mol. The fourth-order valence-electron chi connectivity index (χ4n) is 5.16. The lowest BCUT2D eigenvalue weighted by Crippen LogP contribution is -2.29. The molecule has 2 aliphatic rings. The number of ether oxygens (including phenoxy) is 1. The number of hydrogen-bond acceptors (Lipinski definition) is 5. The molecule has 2 fully saturated rings. The zero-order valence-corrected chi connectivity index (χ0v) is 21.3. The summed E-state index contributed by atoms with van der Waals surface area (Å²) >= 11 is 3.35. The molecule has 35 heavy (non-hydrogen) atoms. The number of nitrogens with zero attached hydrogens (tertiary/aromatic N) is 4. The fourth-order valence-corrected chi connectivity index (χ4v) is 5.63. The summed E-state index contributed by atoms with van der Waals surface area (Å²) in [6, 6.07) is 3.41. The largest absolute Gasteiger partial charge is 0.492 e. The Labute approximate surface area is 211 Å². The van der Waals surface area contributed by atoms with Crippen LogP contribution in [0.4, 0.5) is 10.2 Å². The van der Waals surface area contributed by atoms with Gasteiger partial charge in [-0.2, -0.15) is 0 Å². The minimum absolute atomic E-state index is 0.00957. The number of anilines is 1. The monoisotopic (exact) mass is 537 g/mol. The van der Waals surface area contributed by atoms with Crippen molar-refractivity contribution in [1.29, 1.82) is 0 Å². The number of halogens is 2. The van der Waals surface area contributed by atoms with Crippen LogP contribution in [0.3, 0.4) is 0 Å². The highest BCUT2D eigenvalue weighted by Crippen LogP contribution is 2.51. The van der Waals surface area contributed by atoms with Gasteiger partial charge in [0.25, 0.3) is 0 Å². The molecule has 180 valence electrons. The third kappa shape index (κ3) is 3.67. The normalized spacial score (nSPS) is 20.5. The lowest BCUT2D eigenvalue weighted by molar-refractivity contribution is -0.125. The van der Waals surface area contributed by atoms with Gasteiger partial charge in [0.1, 0.15) is 23.5 Å². The molecule has 0 unspecified atom stereocenters. The molecule has 3 aromatic rings. The molecule has 0 spiro atoms. The first kappa shape index (κ1) is 23.4. The Morgan fingerprint density at radius 1 is 1.34 bits per heavy atom. The maximum absolute atomic E-state index is 15.7. The number of amides is 1. The van der Waals surface area contributed by atoms with Crippen LogP contribution < -0.4 is 10.5 Å². The maximum atomic E-state index is 15.7. The first-order valence-corrected chi connectivity index (χ1v) is 12.2. The van der Waals surface area contributed by atoms with Gasteiger partial charge in [0.2, 0.25) is 5.91 Å². The first-order chi connectivity index (χ1) is 16.8. The van der Waals surface area contributed by atoms with Crippen LogP contribution in [0, 0.1) is 35.4 Å². The minimum atomic E-state index is -0.516. The van der Waals surface area contributed by atoms with Crippen molar-refractivity contribution in [3.8, 4) is 28.7 Å². The summed E-state index contributed by atoms with van der Waals surface area (Å²) in [5.41, 5.74) is 8.41. The summed E-state index contributed by atoms with van der Waals surface area (Å²) in [5.74, 6) is 7.45. The van der Waals surface area contributed by atoms with E-state index >= 15 is 4.39 Å². The quantitative estimate of drug-likeness (QED) is 0.393. The minimum Gasteiger partial charge on any atom is -0.492 e. The number of methoxy groups -OCH3 is 1. The average Bonchev–Trinajstić information content (AvgIpc) is 3.15. The van der Waals surface area contributed by atoms with Crippen molar-refractivity contribution in [1.82, 2.24) is 19.4 Å². The Hall–Kier alpha value is -3.38. The lowest BCUT2D eigenvalue weighted by Gasteiger charge is -2.16. The Kier molecular flexibility index (Phi) is 5.80. The van der Waals surface area contributed by atoms with Gasteiger partial charge in [-0.3, -0.25) is 4.79 Å². The van der Waals surface area contributed by atoms with E-state index in [0.29, 0.717) is 57.3 Å². The van der Waals surface area contributed by atoms with Crippen LogP contribution in [0.1, 0.15) is 25.6 Å². The molecule has 5 rings (SSSR count). The molecular formula is C26H25BrFN5O2. The summed E-state index contributed by atoms with van der Waals surface area (Å²) in [7, 11) is 1.43. The number of aromatic nitrogens is 3. The Morgan fingerprint density at radius 3 is 2.69 bits per heavy atom. The van der Waals surface area contributed by atoms with Gasteiger partial charge in [-0.25, -0.2) is 14.4 Å². The van der Waals surface area contributed by atoms with E-state index < -0.39 is 5.82 Å². The molecule has 1 saturated carbocycles. The van der Waals surface area contributed by atoms with E-state index in [2.05, 4.69) is 44.3 Å². The van der Waals surface area contributed by atoms with Gasteiger partial charge < -0.3 is 19.9 Å². The van der Waals surface area contributed by atoms with Crippen LogP contribution in [0.5, 0.6) is 5.75 Å². The highest BCUT2D eigenvalue weighted by molar-refractivity contribution is 9.10. The topological polar surface area (TPSA) is 86.3 Å². The van der Waals surface area contributed by atoms with E-state index in [0.717, 1.165) is 0 Å².